The smallest absolute Gasteiger partial charge is 0.331 e. The van der Waals surface area contributed by atoms with Crippen LogP contribution in [-0.4, -0.2) is 43.1 Å². The largest absolute Gasteiger partial charge is 0.493 e. The summed E-state index contributed by atoms with van der Waals surface area (Å²) in [5, 5.41) is 2.28. The summed E-state index contributed by atoms with van der Waals surface area (Å²) in [6.07, 6.45) is 4.48. The Kier molecular flexibility index (Phi) is 10.8. The van der Waals surface area contributed by atoms with Gasteiger partial charge in [-0.2, -0.15) is 0 Å². The number of aryl methyl sites for hydroxylation is 1. The number of benzene rings is 3. The normalized spacial score (nSPS) is 14.0. The minimum Gasteiger partial charge on any atom is -0.493 e. The monoisotopic (exact) mass is 598 g/mol. The topological polar surface area (TPSA) is 103 Å². The highest BCUT2D eigenvalue weighted by Gasteiger charge is 2.36. The van der Waals surface area contributed by atoms with Crippen molar-refractivity contribution in [1.29, 1.82) is 0 Å². The number of nitrogens with one attached hydrogen (secondary N) is 1. The molecule has 1 aliphatic heterocycles. The molecule has 0 aromatic heterocycles. The van der Waals surface area contributed by atoms with Gasteiger partial charge in [-0.15, -0.1) is 6.58 Å². The Balaban J connectivity index is 1.62. The van der Waals surface area contributed by atoms with Crippen molar-refractivity contribution in [2.24, 2.45) is 0 Å². The summed E-state index contributed by atoms with van der Waals surface area (Å²) in [4.78, 5) is 40.2. The van der Waals surface area contributed by atoms with E-state index in [1.807, 2.05) is 51.1 Å². The third kappa shape index (κ3) is 7.66. The maximum atomic E-state index is 13.5. The molecule has 9 nitrogen and oxygen atoms in total. The molecule has 0 spiro atoms. The number of barbiturate groups is 1. The van der Waals surface area contributed by atoms with Crippen LogP contribution in [0.15, 0.2) is 72.8 Å². The molecule has 1 heterocycles. The van der Waals surface area contributed by atoms with Gasteiger partial charge in [-0.05, 0) is 73.7 Å². The van der Waals surface area contributed by atoms with E-state index < -0.39 is 17.8 Å². The van der Waals surface area contributed by atoms with E-state index in [4.69, 9.17) is 18.9 Å². The van der Waals surface area contributed by atoms with E-state index >= 15 is 0 Å². The highest BCUT2D eigenvalue weighted by Crippen LogP contribution is 2.35. The van der Waals surface area contributed by atoms with Gasteiger partial charge in [0, 0.05) is 5.56 Å². The van der Waals surface area contributed by atoms with Crippen molar-refractivity contribution in [2.45, 2.75) is 46.8 Å². The van der Waals surface area contributed by atoms with Gasteiger partial charge in [0.25, 0.3) is 11.8 Å². The van der Waals surface area contributed by atoms with Crippen LogP contribution in [0, 0.1) is 6.92 Å². The van der Waals surface area contributed by atoms with E-state index in [0.29, 0.717) is 60.4 Å². The molecule has 1 saturated heterocycles. The van der Waals surface area contributed by atoms with Gasteiger partial charge in [-0.25, -0.2) is 4.79 Å². The van der Waals surface area contributed by atoms with Crippen LogP contribution in [0.4, 0.5) is 4.79 Å². The van der Waals surface area contributed by atoms with Crippen LogP contribution in [0.25, 0.3) is 6.08 Å². The maximum Gasteiger partial charge on any atom is 0.331 e. The van der Waals surface area contributed by atoms with E-state index in [2.05, 4.69) is 11.9 Å². The van der Waals surface area contributed by atoms with Crippen molar-refractivity contribution in [2.75, 3.05) is 20.3 Å². The first-order valence-corrected chi connectivity index (χ1v) is 14.5. The summed E-state index contributed by atoms with van der Waals surface area (Å²) in [5.41, 5.74) is 3.91. The molecule has 0 aliphatic carbocycles. The average Bonchev–Trinajstić information content (AvgIpc) is 3.01. The first-order chi connectivity index (χ1) is 21.3. The second kappa shape index (κ2) is 14.9. The van der Waals surface area contributed by atoms with E-state index in [9.17, 15) is 14.4 Å². The lowest BCUT2D eigenvalue weighted by Gasteiger charge is -2.27. The number of methoxy groups -OCH3 is 1. The highest BCUT2D eigenvalue weighted by molar-refractivity contribution is 6.31. The molecule has 1 N–H and O–H groups in total. The number of hydrogen-bond acceptors (Lipinski definition) is 7. The first kappa shape index (κ1) is 31.9. The molecular formula is C35H38N2O7. The van der Waals surface area contributed by atoms with E-state index in [0.717, 1.165) is 28.0 Å². The zero-order chi connectivity index (χ0) is 31.6. The first-order valence-electron chi connectivity index (χ1n) is 14.5. The zero-order valence-corrected chi connectivity index (χ0v) is 25.6. The van der Waals surface area contributed by atoms with Gasteiger partial charge in [0.05, 0.1) is 26.9 Å². The van der Waals surface area contributed by atoms with Crippen molar-refractivity contribution in [1.82, 2.24) is 10.2 Å². The number of ether oxygens (including phenoxy) is 4. The summed E-state index contributed by atoms with van der Waals surface area (Å²) in [5.74, 6) is 0.585. The van der Waals surface area contributed by atoms with Gasteiger partial charge in [0.15, 0.2) is 23.0 Å². The van der Waals surface area contributed by atoms with Gasteiger partial charge in [0.1, 0.15) is 12.2 Å². The standard InChI is InChI=1S/C35H38N2O7/c1-6-9-27-17-26(20-31(41-5)32(27)44-22-24-12-10-23(4)11-13-24)18-28-33(38)36-35(40)37(34(28)39)21-25-14-15-29(43-16-7-2)30(19-25)42-8-3/h6,10-15,17-20H,1,7-9,16,21-22H2,2-5H3,(H,36,38,40)/b28-18+. The fourth-order valence-electron chi connectivity index (χ4n) is 4.67. The number of hydrogen-bond donors (Lipinski definition) is 1. The number of amides is 4. The number of urea groups is 1. The Bertz CT molecular complexity index is 1560. The quantitative estimate of drug-likeness (QED) is 0.135. The molecule has 0 radical (unpaired) electrons. The summed E-state index contributed by atoms with van der Waals surface area (Å²) in [7, 11) is 1.52. The summed E-state index contributed by atoms with van der Waals surface area (Å²) in [6, 6.07) is 16.0. The molecule has 1 aliphatic rings. The molecule has 3 aromatic rings. The molecule has 0 saturated carbocycles. The molecule has 0 unspecified atom stereocenters. The van der Waals surface area contributed by atoms with E-state index in [1.165, 1.54) is 13.2 Å². The Morgan fingerprint density at radius 2 is 1.64 bits per heavy atom. The number of carbonyl (C=O) groups excluding carboxylic acids is 3. The molecule has 44 heavy (non-hydrogen) atoms. The van der Waals surface area contributed by atoms with Crippen LogP contribution >= 0.6 is 0 Å². The minimum atomic E-state index is -0.800. The van der Waals surface area contributed by atoms with Crippen LogP contribution in [0.1, 0.15) is 48.1 Å². The summed E-state index contributed by atoms with van der Waals surface area (Å²) in [6.45, 7) is 11.0. The Hall–Kier alpha value is -5.05. The SMILES string of the molecule is C=CCc1cc(/C=C2\C(=O)NC(=O)N(Cc3ccc(OCCC)c(OCC)c3)C2=O)cc(OC)c1OCc1ccc(C)cc1. The third-order valence-electron chi connectivity index (χ3n) is 6.85. The van der Waals surface area contributed by atoms with Crippen LogP contribution in [0.3, 0.4) is 0 Å². The van der Waals surface area contributed by atoms with Crippen LogP contribution in [-0.2, 0) is 29.2 Å². The van der Waals surface area contributed by atoms with Crippen LogP contribution in [0.5, 0.6) is 23.0 Å². The predicted octanol–water partition coefficient (Wildman–Crippen LogP) is 6.16. The summed E-state index contributed by atoms with van der Waals surface area (Å²) < 4.78 is 23.3. The predicted molar refractivity (Wildman–Crippen MR) is 168 cm³/mol. The molecule has 0 atom stereocenters. The number of allylic oxidation sites excluding steroid dienone is 1. The van der Waals surface area contributed by atoms with Crippen molar-refractivity contribution in [3.63, 3.8) is 0 Å². The number of rotatable bonds is 14. The highest BCUT2D eigenvalue weighted by atomic mass is 16.5. The van der Waals surface area contributed by atoms with Crippen LogP contribution in [0.2, 0.25) is 0 Å². The second-order valence-corrected chi connectivity index (χ2v) is 10.2. The second-order valence-electron chi connectivity index (χ2n) is 10.2. The molecule has 9 heteroatoms. The Morgan fingerprint density at radius 1 is 0.886 bits per heavy atom. The molecule has 4 rings (SSSR count). The number of carbonyl (C=O) groups is 3. The minimum absolute atomic E-state index is 0.0692. The molecule has 0 bridgehead atoms. The lowest BCUT2D eigenvalue weighted by molar-refractivity contribution is -0.130. The van der Waals surface area contributed by atoms with Crippen LogP contribution < -0.4 is 24.3 Å². The lowest BCUT2D eigenvalue weighted by Crippen LogP contribution is -2.53. The molecular weight excluding hydrogens is 560 g/mol. The lowest BCUT2D eigenvalue weighted by atomic mass is 10.0. The van der Waals surface area contributed by atoms with Crippen molar-refractivity contribution in [3.05, 3.63) is 101 Å². The van der Waals surface area contributed by atoms with Gasteiger partial charge < -0.3 is 18.9 Å². The molecule has 3 aromatic carbocycles. The molecule has 1 fully saturated rings. The Morgan fingerprint density at radius 3 is 2.32 bits per heavy atom. The van der Waals surface area contributed by atoms with Gasteiger partial charge in [-0.1, -0.05) is 48.9 Å². The van der Waals surface area contributed by atoms with Gasteiger partial charge in [0.2, 0.25) is 0 Å². The Labute approximate surface area is 258 Å². The van der Waals surface area contributed by atoms with E-state index in [1.54, 1.807) is 30.3 Å². The number of nitrogens with zero attached hydrogens (tertiary/aromatic N) is 1. The molecule has 4 amide bonds. The average molecular weight is 599 g/mol. The van der Waals surface area contributed by atoms with Crippen molar-refractivity contribution in [3.8, 4) is 23.0 Å². The van der Waals surface area contributed by atoms with Crippen molar-refractivity contribution < 1.29 is 33.3 Å². The summed E-state index contributed by atoms with van der Waals surface area (Å²) >= 11 is 0. The van der Waals surface area contributed by atoms with E-state index in [-0.39, 0.29) is 12.1 Å². The zero-order valence-electron chi connectivity index (χ0n) is 25.6. The number of imide groups is 2. The fraction of sp³-hybridized carbons (Fsp3) is 0.286. The van der Waals surface area contributed by atoms with Gasteiger partial charge >= 0.3 is 6.03 Å². The molecule has 230 valence electrons. The van der Waals surface area contributed by atoms with Gasteiger partial charge in [-0.3, -0.25) is 19.8 Å². The fourth-order valence-corrected chi connectivity index (χ4v) is 4.67. The maximum absolute atomic E-state index is 13.5. The third-order valence-corrected chi connectivity index (χ3v) is 6.85. The van der Waals surface area contributed by atoms with Crippen molar-refractivity contribution >= 4 is 23.9 Å².